The van der Waals surface area contributed by atoms with E-state index in [-0.39, 0.29) is 18.6 Å². The molecule has 88 valence electrons. The van der Waals surface area contributed by atoms with Gasteiger partial charge < -0.3 is 19.9 Å². The van der Waals surface area contributed by atoms with E-state index < -0.39 is 0 Å². The fourth-order valence-electron chi connectivity index (χ4n) is 1.62. The van der Waals surface area contributed by atoms with E-state index in [1.54, 1.807) is 6.07 Å². The Morgan fingerprint density at radius 2 is 2.56 bits per heavy atom. The molecule has 6 nitrogen and oxygen atoms in total. The molecular formula is C10H15N3O3. The maximum absolute atomic E-state index is 11.4. The Balaban J connectivity index is 1.60. The predicted molar refractivity (Wildman–Crippen MR) is 57.0 cm³/mol. The van der Waals surface area contributed by atoms with Crippen LogP contribution < -0.4 is 10.6 Å². The lowest BCUT2D eigenvalue weighted by molar-refractivity contribution is -0.115. The first-order chi connectivity index (χ1) is 7.84. The topological polar surface area (TPSA) is 76.4 Å². The summed E-state index contributed by atoms with van der Waals surface area (Å²) in [5, 5.41) is 9.23. The lowest BCUT2D eigenvalue weighted by Gasteiger charge is -2.09. The van der Waals surface area contributed by atoms with Crippen LogP contribution in [0.4, 0.5) is 5.82 Å². The second-order valence-electron chi connectivity index (χ2n) is 3.70. The Morgan fingerprint density at radius 3 is 3.25 bits per heavy atom. The number of amides is 1. The van der Waals surface area contributed by atoms with Crippen LogP contribution in [0, 0.1) is 0 Å². The zero-order valence-electron chi connectivity index (χ0n) is 8.94. The van der Waals surface area contributed by atoms with Gasteiger partial charge in [-0.05, 0) is 12.8 Å². The van der Waals surface area contributed by atoms with E-state index in [0.29, 0.717) is 12.4 Å². The molecule has 1 amide bonds. The standard InChI is InChI=1S/C10H15N3O3/c14-10(12-9-3-5-16-13-9)7-11-6-8-2-1-4-15-8/h3,5,8,11H,1-2,4,6-7H2,(H,12,13,14). The van der Waals surface area contributed by atoms with Gasteiger partial charge in [-0.3, -0.25) is 4.79 Å². The number of ether oxygens (including phenoxy) is 1. The van der Waals surface area contributed by atoms with E-state index >= 15 is 0 Å². The summed E-state index contributed by atoms with van der Waals surface area (Å²) >= 11 is 0. The van der Waals surface area contributed by atoms with Crippen LogP contribution in [0.25, 0.3) is 0 Å². The Kier molecular flexibility index (Phi) is 3.90. The van der Waals surface area contributed by atoms with E-state index in [9.17, 15) is 4.79 Å². The molecule has 1 aliphatic heterocycles. The molecule has 16 heavy (non-hydrogen) atoms. The summed E-state index contributed by atoms with van der Waals surface area (Å²) in [6.07, 6.45) is 3.84. The molecule has 1 aliphatic rings. The van der Waals surface area contributed by atoms with Gasteiger partial charge in [0.1, 0.15) is 6.26 Å². The fraction of sp³-hybridized carbons (Fsp3) is 0.600. The molecule has 0 radical (unpaired) electrons. The highest BCUT2D eigenvalue weighted by molar-refractivity contribution is 5.91. The van der Waals surface area contributed by atoms with E-state index in [2.05, 4.69) is 20.3 Å². The average molecular weight is 225 g/mol. The Hall–Kier alpha value is -1.40. The maximum atomic E-state index is 11.4. The van der Waals surface area contributed by atoms with Crippen LogP contribution in [-0.2, 0) is 9.53 Å². The normalized spacial score (nSPS) is 19.9. The zero-order chi connectivity index (χ0) is 11.2. The first-order valence-corrected chi connectivity index (χ1v) is 5.37. The van der Waals surface area contributed by atoms with Crippen molar-refractivity contribution in [2.45, 2.75) is 18.9 Å². The van der Waals surface area contributed by atoms with Crippen LogP contribution in [0.15, 0.2) is 16.9 Å². The number of rotatable bonds is 5. The van der Waals surface area contributed by atoms with Crippen LogP contribution in [-0.4, -0.2) is 36.9 Å². The van der Waals surface area contributed by atoms with Gasteiger partial charge >= 0.3 is 0 Å². The maximum Gasteiger partial charge on any atom is 0.239 e. The highest BCUT2D eigenvalue weighted by Crippen LogP contribution is 2.10. The number of aromatic nitrogens is 1. The third-order valence-corrected chi connectivity index (χ3v) is 2.39. The molecule has 1 atom stereocenters. The minimum absolute atomic E-state index is 0.133. The fourth-order valence-corrected chi connectivity index (χ4v) is 1.62. The van der Waals surface area contributed by atoms with Crippen LogP contribution in [0.3, 0.4) is 0 Å². The van der Waals surface area contributed by atoms with Gasteiger partial charge in [0.25, 0.3) is 0 Å². The first kappa shape index (κ1) is 11.1. The first-order valence-electron chi connectivity index (χ1n) is 5.37. The Bertz CT molecular complexity index is 320. The van der Waals surface area contributed by atoms with Crippen molar-refractivity contribution in [3.05, 3.63) is 12.3 Å². The Labute approximate surface area is 93.3 Å². The highest BCUT2D eigenvalue weighted by Gasteiger charge is 2.15. The molecule has 0 saturated carbocycles. The van der Waals surface area contributed by atoms with Gasteiger partial charge in [-0.15, -0.1) is 0 Å². The summed E-state index contributed by atoms with van der Waals surface area (Å²) in [5.41, 5.74) is 0. The van der Waals surface area contributed by atoms with Crippen LogP contribution >= 0.6 is 0 Å². The van der Waals surface area contributed by atoms with E-state index in [0.717, 1.165) is 19.4 Å². The molecule has 0 aliphatic carbocycles. The smallest absolute Gasteiger partial charge is 0.239 e. The summed E-state index contributed by atoms with van der Waals surface area (Å²) in [6.45, 7) is 1.80. The molecular weight excluding hydrogens is 210 g/mol. The van der Waals surface area contributed by atoms with Crippen molar-refractivity contribution in [2.24, 2.45) is 0 Å². The van der Waals surface area contributed by atoms with Gasteiger partial charge in [0.05, 0.1) is 12.6 Å². The van der Waals surface area contributed by atoms with Crippen molar-refractivity contribution >= 4 is 11.7 Å². The quantitative estimate of drug-likeness (QED) is 0.757. The van der Waals surface area contributed by atoms with E-state index in [1.165, 1.54) is 6.26 Å². The molecule has 6 heteroatoms. The van der Waals surface area contributed by atoms with E-state index in [1.807, 2.05) is 0 Å². The molecule has 0 aromatic carbocycles. The van der Waals surface area contributed by atoms with Crippen molar-refractivity contribution in [3.63, 3.8) is 0 Å². The second kappa shape index (κ2) is 5.62. The monoisotopic (exact) mass is 225 g/mol. The van der Waals surface area contributed by atoms with Crippen LogP contribution in [0.2, 0.25) is 0 Å². The largest absolute Gasteiger partial charge is 0.377 e. The van der Waals surface area contributed by atoms with Crippen molar-refractivity contribution in [1.29, 1.82) is 0 Å². The lowest BCUT2D eigenvalue weighted by atomic mass is 10.2. The number of nitrogens with one attached hydrogen (secondary N) is 2. The zero-order valence-corrected chi connectivity index (χ0v) is 8.94. The Morgan fingerprint density at radius 1 is 1.62 bits per heavy atom. The van der Waals surface area contributed by atoms with Gasteiger partial charge in [0.2, 0.25) is 5.91 Å². The molecule has 1 fully saturated rings. The summed E-state index contributed by atoms with van der Waals surface area (Å²) in [7, 11) is 0. The van der Waals surface area contributed by atoms with Gasteiger partial charge in [0, 0.05) is 19.2 Å². The van der Waals surface area contributed by atoms with Gasteiger partial charge in [-0.2, -0.15) is 0 Å². The van der Waals surface area contributed by atoms with Crippen LogP contribution in [0.1, 0.15) is 12.8 Å². The summed E-state index contributed by atoms with van der Waals surface area (Å²) in [5.74, 6) is 0.302. The molecule has 1 aromatic heterocycles. The SMILES string of the molecule is O=C(CNCC1CCCO1)Nc1ccon1. The number of carbonyl (C=O) groups is 1. The molecule has 0 bridgehead atoms. The number of carbonyl (C=O) groups excluding carboxylic acids is 1. The predicted octanol–water partition coefficient (Wildman–Crippen LogP) is 0.382. The number of nitrogens with zero attached hydrogens (tertiary/aromatic N) is 1. The lowest BCUT2D eigenvalue weighted by Crippen LogP contribution is -2.33. The summed E-state index contributed by atoms with van der Waals surface area (Å²) in [6, 6.07) is 1.60. The van der Waals surface area contributed by atoms with Crippen molar-refractivity contribution < 1.29 is 14.1 Å². The molecule has 1 saturated heterocycles. The summed E-state index contributed by atoms with van der Waals surface area (Å²) in [4.78, 5) is 11.4. The second-order valence-corrected chi connectivity index (χ2v) is 3.70. The van der Waals surface area contributed by atoms with Crippen molar-refractivity contribution in [1.82, 2.24) is 10.5 Å². The van der Waals surface area contributed by atoms with Gasteiger partial charge in [-0.1, -0.05) is 5.16 Å². The number of hydrogen-bond donors (Lipinski definition) is 2. The minimum atomic E-state index is -0.133. The molecule has 2 N–H and O–H groups in total. The van der Waals surface area contributed by atoms with Crippen molar-refractivity contribution in [2.75, 3.05) is 25.0 Å². The molecule has 1 aromatic rings. The highest BCUT2D eigenvalue weighted by atomic mass is 16.5. The minimum Gasteiger partial charge on any atom is -0.377 e. The van der Waals surface area contributed by atoms with Gasteiger partial charge in [-0.25, -0.2) is 0 Å². The number of hydrogen-bond acceptors (Lipinski definition) is 5. The van der Waals surface area contributed by atoms with Crippen molar-refractivity contribution in [3.8, 4) is 0 Å². The average Bonchev–Trinajstić information content (AvgIpc) is 2.90. The molecule has 1 unspecified atom stereocenters. The molecule has 0 spiro atoms. The number of anilines is 1. The third kappa shape index (κ3) is 3.32. The van der Waals surface area contributed by atoms with Gasteiger partial charge in [0.15, 0.2) is 5.82 Å². The van der Waals surface area contributed by atoms with Crippen LogP contribution in [0.5, 0.6) is 0 Å². The molecule has 2 rings (SSSR count). The third-order valence-electron chi connectivity index (χ3n) is 2.39. The van der Waals surface area contributed by atoms with E-state index in [4.69, 9.17) is 4.74 Å². The summed E-state index contributed by atoms with van der Waals surface area (Å²) < 4.78 is 10.0. The molecule has 2 heterocycles.